The molecule has 1 fully saturated rings. The van der Waals surface area contributed by atoms with Crippen molar-refractivity contribution in [3.05, 3.63) is 88.8 Å². The van der Waals surface area contributed by atoms with Gasteiger partial charge in [0.1, 0.15) is 40.6 Å². The number of aromatic nitrogens is 2. The molecule has 4 aromatic rings. The number of nitrogens with zero attached hydrogens (tertiary/aromatic N) is 4. The summed E-state index contributed by atoms with van der Waals surface area (Å²) >= 11 is 6.40. The van der Waals surface area contributed by atoms with Crippen LogP contribution >= 0.6 is 11.6 Å². The number of halogens is 2. The topological polar surface area (TPSA) is 107 Å². The van der Waals surface area contributed by atoms with Crippen LogP contribution in [0.2, 0.25) is 5.02 Å². The predicted octanol–water partition coefficient (Wildman–Crippen LogP) is 5.63. The fourth-order valence-electron chi connectivity index (χ4n) is 4.34. The minimum Gasteiger partial charge on any atom is -0.495 e. The molecule has 1 aromatic heterocycles. The molecule has 0 aliphatic carbocycles. The zero-order chi connectivity index (χ0) is 27.9. The fourth-order valence-corrected chi connectivity index (χ4v) is 4.47. The molecule has 9 nitrogen and oxygen atoms in total. The van der Waals surface area contributed by atoms with E-state index in [9.17, 15) is 9.65 Å². The number of methoxy groups -OCH3 is 1. The van der Waals surface area contributed by atoms with E-state index in [1.54, 1.807) is 43.5 Å². The van der Waals surface area contributed by atoms with Gasteiger partial charge in [0.2, 0.25) is 5.95 Å². The summed E-state index contributed by atoms with van der Waals surface area (Å²) in [6, 6.07) is 19.4. The summed E-state index contributed by atoms with van der Waals surface area (Å²) in [6.45, 7) is 3.62. The number of piperazine rings is 1. The highest BCUT2D eigenvalue weighted by atomic mass is 35.5. The second-order valence-corrected chi connectivity index (χ2v) is 9.34. The quantitative estimate of drug-likeness (QED) is 0.240. The first kappa shape index (κ1) is 27.0. The first-order valence-corrected chi connectivity index (χ1v) is 13.0. The molecule has 1 aliphatic rings. The molecular weight excluding hydrogens is 533 g/mol. The standard InChI is InChI=1S/C29H27ClFN7O2/c1-39-27-15-20(9-10-25(27)38-13-11-33-12-14-38)35-29-34-17-22(30)28(37-29)36-24-7-4-8-26(21(24)16-32)40-18-19-5-2-3-6-23(19)31/h2-10,15,17,33H,11-14,18H2,1H3,(H2,34,35,36,37). The normalized spacial score (nSPS) is 12.9. The van der Waals surface area contributed by atoms with Gasteiger partial charge in [0.15, 0.2) is 5.82 Å². The third-order valence-electron chi connectivity index (χ3n) is 6.37. The van der Waals surface area contributed by atoms with E-state index in [-0.39, 0.29) is 23.0 Å². The highest BCUT2D eigenvalue weighted by molar-refractivity contribution is 6.33. The Balaban J connectivity index is 1.34. The lowest BCUT2D eigenvalue weighted by Gasteiger charge is -2.30. The molecule has 204 valence electrons. The van der Waals surface area contributed by atoms with Gasteiger partial charge in [-0.1, -0.05) is 35.9 Å². The van der Waals surface area contributed by atoms with E-state index < -0.39 is 0 Å². The number of nitriles is 1. The van der Waals surface area contributed by atoms with Crippen LogP contribution in [0.15, 0.2) is 66.9 Å². The second kappa shape index (κ2) is 12.5. The molecule has 11 heteroatoms. The summed E-state index contributed by atoms with van der Waals surface area (Å²) in [5.74, 6) is 1.26. The molecule has 0 amide bonds. The van der Waals surface area contributed by atoms with E-state index in [2.05, 4.69) is 36.9 Å². The highest BCUT2D eigenvalue weighted by Gasteiger charge is 2.17. The number of anilines is 5. The van der Waals surface area contributed by atoms with Gasteiger partial charge in [-0.3, -0.25) is 0 Å². The lowest BCUT2D eigenvalue weighted by molar-refractivity contribution is 0.299. The van der Waals surface area contributed by atoms with E-state index in [0.717, 1.165) is 43.3 Å². The van der Waals surface area contributed by atoms with Crippen LogP contribution in [0.25, 0.3) is 0 Å². The Hall–Kier alpha value is -4.59. The summed E-state index contributed by atoms with van der Waals surface area (Å²) in [6.07, 6.45) is 1.47. The number of benzene rings is 3. The lowest BCUT2D eigenvalue weighted by Crippen LogP contribution is -2.43. The van der Waals surface area contributed by atoms with Gasteiger partial charge in [-0.2, -0.15) is 10.2 Å². The van der Waals surface area contributed by atoms with Crippen molar-refractivity contribution in [3.63, 3.8) is 0 Å². The largest absolute Gasteiger partial charge is 0.495 e. The zero-order valence-corrected chi connectivity index (χ0v) is 22.5. The van der Waals surface area contributed by atoms with Crippen molar-refractivity contribution in [2.75, 3.05) is 48.8 Å². The van der Waals surface area contributed by atoms with Crippen molar-refractivity contribution in [3.8, 4) is 17.6 Å². The maximum atomic E-state index is 14.0. The van der Waals surface area contributed by atoms with Crippen LogP contribution in [-0.4, -0.2) is 43.3 Å². The first-order chi connectivity index (χ1) is 19.6. The molecule has 0 atom stereocenters. The van der Waals surface area contributed by atoms with E-state index in [4.69, 9.17) is 21.1 Å². The minimum absolute atomic E-state index is 0.0238. The number of hydrogen-bond donors (Lipinski definition) is 3. The van der Waals surface area contributed by atoms with Crippen molar-refractivity contribution in [1.82, 2.24) is 15.3 Å². The third-order valence-corrected chi connectivity index (χ3v) is 6.65. The molecule has 40 heavy (non-hydrogen) atoms. The van der Waals surface area contributed by atoms with Gasteiger partial charge >= 0.3 is 0 Å². The summed E-state index contributed by atoms with van der Waals surface area (Å²) in [5.41, 5.74) is 2.82. The van der Waals surface area contributed by atoms with Crippen LogP contribution in [0.5, 0.6) is 11.5 Å². The molecule has 0 saturated carbocycles. The number of rotatable bonds is 9. The van der Waals surface area contributed by atoms with Crippen LogP contribution in [-0.2, 0) is 6.61 Å². The minimum atomic E-state index is -0.376. The Morgan fingerprint density at radius 2 is 1.90 bits per heavy atom. The molecule has 5 rings (SSSR count). The summed E-state index contributed by atoms with van der Waals surface area (Å²) < 4.78 is 25.5. The molecule has 2 heterocycles. The van der Waals surface area contributed by atoms with Crippen LogP contribution in [0.1, 0.15) is 11.1 Å². The SMILES string of the molecule is COc1cc(Nc2ncc(Cl)c(Nc3cccc(OCc4ccccc4F)c3C#N)n2)ccc1N1CCNCC1. The summed E-state index contributed by atoms with van der Waals surface area (Å²) in [7, 11) is 1.65. The van der Waals surface area contributed by atoms with Gasteiger partial charge in [0.25, 0.3) is 0 Å². The molecular formula is C29H27ClFN7O2. The Kier molecular flexibility index (Phi) is 8.44. The molecule has 0 unspecified atom stereocenters. The van der Waals surface area contributed by atoms with Crippen LogP contribution in [0.4, 0.5) is 33.2 Å². The van der Waals surface area contributed by atoms with Crippen molar-refractivity contribution in [2.45, 2.75) is 6.61 Å². The Morgan fingerprint density at radius 3 is 2.67 bits per heavy atom. The Labute approximate surface area is 236 Å². The Bertz CT molecular complexity index is 1540. The average Bonchev–Trinajstić information content (AvgIpc) is 2.99. The monoisotopic (exact) mass is 559 g/mol. The van der Waals surface area contributed by atoms with Crippen LogP contribution < -0.4 is 30.3 Å². The zero-order valence-electron chi connectivity index (χ0n) is 21.7. The molecule has 3 N–H and O–H groups in total. The van der Waals surface area contributed by atoms with Crippen molar-refractivity contribution in [1.29, 1.82) is 5.26 Å². The van der Waals surface area contributed by atoms with E-state index in [0.29, 0.717) is 28.8 Å². The average molecular weight is 560 g/mol. The lowest BCUT2D eigenvalue weighted by atomic mass is 10.1. The Morgan fingerprint density at radius 1 is 1.07 bits per heavy atom. The van der Waals surface area contributed by atoms with Crippen molar-refractivity contribution in [2.24, 2.45) is 0 Å². The highest BCUT2D eigenvalue weighted by Crippen LogP contribution is 2.34. The maximum absolute atomic E-state index is 14.0. The molecule has 0 spiro atoms. The van der Waals surface area contributed by atoms with E-state index >= 15 is 0 Å². The molecule has 3 aromatic carbocycles. The smallest absolute Gasteiger partial charge is 0.229 e. The number of ether oxygens (including phenoxy) is 2. The first-order valence-electron chi connectivity index (χ1n) is 12.7. The van der Waals surface area contributed by atoms with Crippen LogP contribution in [0, 0.1) is 17.1 Å². The second-order valence-electron chi connectivity index (χ2n) is 8.93. The number of hydrogen-bond acceptors (Lipinski definition) is 9. The number of nitrogens with one attached hydrogen (secondary N) is 3. The molecule has 1 aliphatic heterocycles. The maximum Gasteiger partial charge on any atom is 0.229 e. The van der Waals surface area contributed by atoms with Gasteiger partial charge in [0.05, 0.1) is 24.7 Å². The van der Waals surface area contributed by atoms with Gasteiger partial charge in [-0.25, -0.2) is 9.37 Å². The van der Waals surface area contributed by atoms with Gasteiger partial charge in [0, 0.05) is 43.5 Å². The molecule has 0 radical (unpaired) electrons. The molecule has 1 saturated heterocycles. The van der Waals surface area contributed by atoms with Gasteiger partial charge in [-0.15, -0.1) is 0 Å². The van der Waals surface area contributed by atoms with Crippen LogP contribution in [0.3, 0.4) is 0 Å². The summed E-state index contributed by atoms with van der Waals surface area (Å²) in [4.78, 5) is 11.1. The predicted molar refractivity (Wildman–Crippen MR) is 154 cm³/mol. The summed E-state index contributed by atoms with van der Waals surface area (Å²) in [5, 5.41) is 19.8. The van der Waals surface area contributed by atoms with Crippen molar-refractivity contribution >= 4 is 40.4 Å². The van der Waals surface area contributed by atoms with Gasteiger partial charge in [-0.05, 0) is 30.3 Å². The van der Waals surface area contributed by atoms with Gasteiger partial charge < -0.3 is 30.3 Å². The van der Waals surface area contributed by atoms with E-state index in [1.807, 2.05) is 18.2 Å². The fraction of sp³-hybridized carbons (Fsp3) is 0.207. The third kappa shape index (κ3) is 6.17. The van der Waals surface area contributed by atoms with Crippen molar-refractivity contribution < 1.29 is 13.9 Å². The van der Waals surface area contributed by atoms with E-state index in [1.165, 1.54) is 12.3 Å². The molecule has 0 bridgehead atoms.